The molecular weight excluding hydrogens is 275 g/mol. The smallest absolute Gasteiger partial charge is 0.125 e. The summed E-state index contributed by atoms with van der Waals surface area (Å²) in [6.07, 6.45) is -0.878. The molecule has 0 radical (unpaired) electrons. The molecule has 1 nitrogen and oxygen atoms in total. The molecule has 0 spiro atoms. The van der Waals surface area contributed by atoms with Crippen LogP contribution in [0.3, 0.4) is 0 Å². The second kappa shape index (κ2) is 5.55. The highest BCUT2D eigenvalue weighted by Gasteiger charge is 2.16. The molecule has 2 rings (SSSR count). The van der Waals surface area contributed by atoms with Gasteiger partial charge in [0, 0.05) is 5.02 Å². The monoisotopic (exact) mass is 292 g/mol. The van der Waals surface area contributed by atoms with E-state index in [1.807, 2.05) is 24.3 Å². The molecule has 0 fully saturated rings. The Morgan fingerprint density at radius 3 is 2.10 bits per heavy atom. The van der Waals surface area contributed by atoms with Crippen LogP contribution in [-0.4, -0.2) is 5.11 Å². The highest BCUT2D eigenvalue weighted by molar-refractivity contribution is 6.30. The van der Waals surface area contributed by atoms with Gasteiger partial charge < -0.3 is 5.11 Å². The maximum atomic E-state index is 13.3. The third kappa shape index (κ3) is 3.38. The summed E-state index contributed by atoms with van der Waals surface area (Å²) in [5, 5.41) is 10.6. The molecule has 0 aliphatic carbocycles. The van der Waals surface area contributed by atoms with Gasteiger partial charge in [-0.25, -0.2) is 4.39 Å². The molecule has 0 saturated heterocycles. The number of hydrogen-bond donors (Lipinski definition) is 1. The van der Waals surface area contributed by atoms with Gasteiger partial charge in [0.1, 0.15) is 11.9 Å². The van der Waals surface area contributed by atoms with Gasteiger partial charge in [-0.1, -0.05) is 56.6 Å². The van der Waals surface area contributed by atoms with Crippen molar-refractivity contribution in [3.63, 3.8) is 0 Å². The second-order valence-corrected chi connectivity index (χ2v) is 6.41. The van der Waals surface area contributed by atoms with Crippen LogP contribution in [0.1, 0.15) is 43.6 Å². The van der Waals surface area contributed by atoms with Crippen LogP contribution in [0, 0.1) is 5.82 Å². The molecule has 0 bridgehead atoms. The van der Waals surface area contributed by atoms with Crippen molar-refractivity contribution in [3.8, 4) is 0 Å². The minimum atomic E-state index is -0.878. The normalized spacial score (nSPS) is 13.3. The quantitative estimate of drug-likeness (QED) is 0.838. The molecular formula is C17H18ClFO. The predicted octanol–water partition coefficient (Wildman–Crippen LogP) is 4.86. The fraction of sp³-hybridized carbons (Fsp3) is 0.294. The largest absolute Gasteiger partial charge is 0.384 e. The standard InChI is InChI=1S/C17H18ClFO/c1-17(2,3)13-6-4-11(5-7-13)16(20)12-8-14(18)10-15(19)9-12/h4-10,16,20H,1-3H3. The zero-order valence-electron chi connectivity index (χ0n) is 11.8. The lowest BCUT2D eigenvalue weighted by atomic mass is 9.86. The maximum absolute atomic E-state index is 13.3. The minimum absolute atomic E-state index is 0.0612. The van der Waals surface area contributed by atoms with Crippen LogP contribution >= 0.6 is 11.6 Å². The fourth-order valence-corrected chi connectivity index (χ4v) is 2.32. The molecule has 0 aliphatic rings. The number of aliphatic hydroxyl groups is 1. The van der Waals surface area contributed by atoms with Gasteiger partial charge in [-0.05, 0) is 40.3 Å². The van der Waals surface area contributed by atoms with Gasteiger partial charge in [-0.15, -0.1) is 0 Å². The van der Waals surface area contributed by atoms with E-state index in [4.69, 9.17) is 11.6 Å². The number of hydrogen-bond acceptors (Lipinski definition) is 1. The van der Waals surface area contributed by atoms with Crippen molar-refractivity contribution in [2.24, 2.45) is 0 Å². The topological polar surface area (TPSA) is 20.2 Å². The Morgan fingerprint density at radius 1 is 1.00 bits per heavy atom. The first-order chi connectivity index (χ1) is 9.27. The summed E-state index contributed by atoms with van der Waals surface area (Å²) < 4.78 is 13.3. The molecule has 106 valence electrons. The molecule has 3 heteroatoms. The first-order valence-electron chi connectivity index (χ1n) is 6.52. The van der Waals surface area contributed by atoms with Crippen molar-refractivity contribution < 1.29 is 9.50 Å². The average Bonchev–Trinajstić information content (AvgIpc) is 2.36. The summed E-state index contributed by atoms with van der Waals surface area (Å²) >= 11 is 5.82. The second-order valence-electron chi connectivity index (χ2n) is 5.98. The molecule has 0 aliphatic heterocycles. The van der Waals surface area contributed by atoms with Gasteiger partial charge in [0.2, 0.25) is 0 Å². The number of halogens is 2. The summed E-state index contributed by atoms with van der Waals surface area (Å²) in [6.45, 7) is 6.39. The molecule has 0 amide bonds. The third-order valence-corrected chi connectivity index (χ3v) is 3.51. The van der Waals surface area contributed by atoms with Gasteiger partial charge in [-0.2, -0.15) is 0 Å². The average molecular weight is 293 g/mol. The lowest BCUT2D eigenvalue weighted by molar-refractivity contribution is 0.219. The first-order valence-corrected chi connectivity index (χ1v) is 6.89. The van der Waals surface area contributed by atoms with Crippen LogP contribution in [0.2, 0.25) is 5.02 Å². The van der Waals surface area contributed by atoms with E-state index in [0.29, 0.717) is 5.56 Å². The maximum Gasteiger partial charge on any atom is 0.125 e. The summed E-state index contributed by atoms with van der Waals surface area (Å²) in [5.41, 5.74) is 2.43. The highest BCUT2D eigenvalue weighted by atomic mass is 35.5. The minimum Gasteiger partial charge on any atom is -0.384 e. The van der Waals surface area contributed by atoms with Crippen LogP contribution in [0.25, 0.3) is 0 Å². The Kier molecular flexibility index (Phi) is 4.17. The van der Waals surface area contributed by atoms with E-state index in [9.17, 15) is 9.50 Å². The highest BCUT2D eigenvalue weighted by Crippen LogP contribution is 2.28. The zero-order valence-corrected chi connectivity index (χ0v) is 12.6. The summed E-state index contributed by atoms with van der Waals surface area (Å²) in [6, 6.07) is 11.8. The van der Waals surface area contributed by atoms with Gasteiger partial charge in [-0.3, -0.25) is 0 Å². The van der Waals surface area contributed by atoms with E-state index in [0.717, 1.165) is 5.56 Å². The molecule has 2 aromatic carbocycles. The molecule has 20 heavy (non-hydrogen) atoms. The van der Waals surface area contributed by atoms with E-state index >= 15 is 0 Å². The van der Waals surface area contributed by atoms with E-state index in [1.165, 1.54) is 17.7 Å². The van der Waals surface area contributed by atoms with Crippen molar-refractivity contribution in [2.45, 2.75) is 32.3 Å². The molecule has 0 saturated carbocycles. The summed E-state index contributed by atoms with van der Waals surface area (Å²) in [4.78, 5) is 0. The number of rotatable bonds is 2. The molecule has 0 aromatic heterocycles. The molecule has 2 aromatic rings. The lowest BCUT2D eigenvalue weighted by Gasteiger charge is -2.20. The number of aliphatic hydroxyl groups excluding tert-OH is 1. The van der Waals surface area contributed by atoms with Crippen molar-refractivity contribution >= 4 is 11.6 Å². The van der Waals surface area contributed by atoms with E-state index in [-0.39, 0.29) is 10.4 Å². The van der Waals surface area contributed by atoms with Gasteiger partial charge in [0.05, 0.1) is 0 Å². The van der Waals surface area contributed by atoms with Crippen molar-refractivity contribution in [1.29, 1.82) is 0 Å². The van der Waals surface area contributed by atoms with Crippen LogP contribution in [-0.2, 0) is 5.41 Å². The van der Waals surface area contributed by atoms with E-state index in [1.54, 1.807) is 6.07 Å². The molecule has 0 heterocycles. The van der Waals surface area contributed by atoms with Crippen molar-refractivity contribution in [3.05, 3.63) is 70.0 Å². The molecule has 1 atom stereocenters. The number of benzene rings is 2. The Labute approximate surface area is 124 Å². The Morgan fingerprint density at radius 2 is 1.60 bits per heavy atom. The van der Waals surface area contributed by atoms with Crippen molar-refractivity contribution in [1.82, 2.24) is 0 Å². The van der Waals surface area contributed by atoms with Crippen LogP contribution < -0.4 is 0 Å². The molecule has 1 unspecified atom stereocenters. The van der Waals surface area contributed by atoms with E-state index < -0.39 is 11.9 Å². The Hall–Kier alpha value is -1.38. The lowest BCUT2D eigenvalue weighted by Crippen LogP contribution is -2.11. The summed E-state index contributed by atoms with van der Waals surface area (Å²) in [7, 11) is 0. The zero-order chi connectivity index (χ0) is 14.9. The SMILES string of the molecule is CC(C)(C)c1ccc(C(O)c2cc(F)cc(Cl)c2)cc1. The third-order valence-electron chi connectivity index (χ3n) is 3.29. The Balaban J connectivity index is 2.31. The van der Waals surface area contributed by atoms with Gasteiger partial charge >= 0.3 is 0 Å². The first kappa shape index (κ1) is 15.0. The Bertz CT molecular complexity index is 579. The van der Waals surface area contributed by atoms with E-state index in [2.05, 4.69) is 20.8 Å². The van der Waals surface area contributed by atoms with Gasteiger partial charge in [0.15, 0.2) is 0 Å². The van der Waals surface area contributed by atoms with Gasteiger partial charge in [0.25, 0.3) is 0 Å². The molecule has 1 N–H and O–H groups in total. The van der Waals surface area contributed by atoms with Crippen LogP contribution in [0.15, 0.2) is 42.5 Å². The summed E-state index contributed by atoms with van der Waals surface area (Å²) in [5.74, 6) is -0.446. The van der Waals surface area contributed by atoms with Crippen LogP contribution in [0.5, 0.6) is 0 Å². The predicted molar refractivity (Wildman–Crippen MR) is 80.6 cm³/mol. The van der Waals surface area contributed by atoms with Crippen LogP contribution in [0.4, 0.5) is 4.39 Å². The fourth-order valence-electron chi connectivity index (χ4n) is 2.09. The van der Waals surface area contributed by atoms with Crippen molar-refractivity contribution in [2.75, 3.05) is 0 Å².